The zero-order valence-electron chi connectivity index (χ0n) is 11.6. The molecule has 0 unspecified atom stereocenters. The number of hydrogen-bond donors (Lipinski definition) is 1. The summed E-state index contributed by atoms with van der Waals surface area (Å²) in [7, 11) is 0. The summed E-state index contributed by atoms with van der Waals surface area (Å²) in [6.45, 7) is 1.67. The SMILES string of the molecule is C/C(=N\NC(=O)c1ccccc1Br)c1cccc([N+](=O)[O-])c1. The van der Waals surface area contributed by atoms with Crippen LogP contribution in [-0.2, 0) is 0 Å². The third-order valence-corrected chi connectivity index (χ3v) is 3.61. The van der Waals surface area contributed by atoms with E-state index >= 15 is 0 Å². The van der Waals surface area contributed by atoms with E-state index in [2.05, 4.69) is 26.5 Å². The molecule has 0 radical (unpaired) electrons. The number of hydrogen-bond acceptors (Lipinski definition) is 4. The molecule has 2 aromatic rings. The number of nitro groups is 1. The third kappa shape index (κ3) is 3.76. The molecule has 0 aliphatic rings. The fraction of sp³-hybridized carbons (Fsp3) is 0.0667. The van der Waals surface area contributed by atoms with Crippen LogP contribution in [0.25, 0.3) is 0 Å². The highest BCUT2D eigenvalue weighted by Crippen LogP contribution is 2.16. The first-order valence-electron chi connectivity index (χ1n) is 6.33. The van der Waals surface area contributed by atoms with E-state index < -0.39 is 4.92 Å². The molecule has 0 atom stereocenters. The first kappa shape index (κ1) is 15.8. The first-order valence-corrected chi connectivity index (χ1v) is 7.12. The smallest absolute Gasteiger partial charge is 0.267 e. The molecule has 0 fully saturated rings. The number of nitro benzene ring substituents is 1. The largest absolute Gasteiger partial charge is 0.272 e. The lowest BCUT2D eigenvalue weighted by Crippen LogP contribution is -2.19. The molecule has 0 aliphatic heterocycles. The van der Waals surface area contributed by atoms with Crippen molar-refractivity contribution in [3.8, 4) is 0 Å². The van der Waals surface area contributed by atoms with Crippen LogP contribution < -0.4 is 5.43 Å². The zero-order valence-corrected chi connectivity index (χ0v) is 13.2. The second-order valence-corrected chi connectivity index (χ2v) is 5.28. The maximum atomic E-state index is 12.0. The Morgan fingerprint density at radius 3 is 2.64 bits per heavy atom. The van der Waals surface area contributed by atoms with Gasteiger partial charge in [0, 0.05) is 22.2 Å². The lowest BCUT2D eigenvalue weighted by atomic mass is 10.1. The molecule has 0 bridgehead atoms. The number of nitrogens with zero attached hydrogens (tertiary/aromatic N) is 2. The van der Waals surface area contributed by atoms with Gasteiger partial charge in [0.05, 0.1) is 16.2 Å². The standard InChI is InChI=1S/C15H12BrN3O3/c1-10(11-5-4-6-12(9-11)19(21)22)17-18-15(20)13-7-2-3-8-14(13)16/h2-9H,1H3,(H,18,20)/b17-10+. The monoisotopic (exact) mass is 361 g/mol. The average molecular weight is 362 g/mol. The van der Waals surface area contributed by atoms with Crippen molar-refractivity contribution < 1.29 is 9.72 Å². The minimum atomic E-state index is -0.476. The van der Waals surface area contributed by atoms with Crippen molar-refractivity contribution in [2.45, 2.75) is 6.92 Å². The predicted molar refractivity (Wildman–Crippen MR) is 86.9 cm³/mol. The number of carbonyl (C=O) groups is 1. The molecule has 1 N–H and O–H groups in total. The van der Waals surface area contributed by atoms with Gasteiger partial charge in [-0.25, -0.2) is 5.43 Å². The lowest BCUT2D eigenvalue weighted by molar-refractivity contribution is -0.384. The van der Waals surface area contributed by atoms with Crippen LogP contribution in [0.1, 0.15) is 22.8 Å². The van der Waals surface area contributed by atoms with E-state index in [1.165, 1.54) is 12.1 Å². The van der Waals surface area contributed by atoms with Crippen molar-refractivity contribution in [2.24, 2.45) is 5.10 Å². The number of benzene rings is 2. The molecule has 1 amide bonds. The molecule has 0 aliphatic carbocycles. The van der Waals surface area contributed by atoms with Crippen molar-refractivity contribution >= 4 is 33.2 Å². The Kier molecular flexibility index (Phi) is 5.00. The number of halogens is 1. The second kappa shape index (κ2) is 6.95. The van der Waals surface area contributed by atoms with Crippen LogP contribution in [0.5, 0.6) is 0 Å². The van der Waals surface area contributed by atoms with Gasteiger partial charge in [0.15, 0.2) is 0 Å². The number of amides is 1. The van der Waals surface area contributed by atoms with Gasteiger partial charge in [0.25, 0.3) is 11.6 Å². The summed E-state index contributed by atoms with van der Waals surface area (Å²) in [4.78, 5) is 22.3. The molecule has 0 saturated carbocycles. The van der Waals surface area contributed by atoms with Gasteiger partial charge in [0.1, 0.15) is 0 Å². The second-order valence-electron chi connectivity index (χ2n) is 4.43. The molecule has 2 rings (SSSR count). The van der Waals surface area contributed by atoms with Gasteiger partial charge in [-0.1, -0.05) is 24.3 Å². The highest BCUT2D eigenvalue weighted by Gasteiger charge is 2.10. The van der Waals surface area contributed by atoms with Crippen molar-refractivity contribution in [3.63, 3.8) is 0 Å². The third-order valence-electron chi connectivity index (χ3n) is 2.92. The molecule has 0 spiro atoms. The number of hydrazone groups is 1. The van der Waals surface area contributed by atoms with Crippen molar-refractivity contribution in [3.05, 3.63) is 74.2 Å². The zero-order chi connectivity index (χ0) is 16.1. The van der Waals surface area contributed by atoms with Crippen LogP contribution in [0.2, 0.25) is 0 Å². The van der Waals surface area contributed by atoms with Crippen LogP contribution in [-0.4, -0.2) is 16.5 Å². The van der Waals surface area contributed by atoms with Gasteiger partial charge in [-0.05, 0) is 35.0 Å². The summed E-state index contributed by atoms with van der Waals surface area (Å²) >= 11 is 3.29. The lowest BCUT2D eigenvalue weighted by Gasteiger charge is -2.04. The Morgan fingerprint density at radius 2 is 1.95 bits per heavy atom. The molecule has 0 aromatic heterocycles. The van der Waals surface area contributed by atoms with E-state index in [9.17, 15) is 14.9 Å². The quantitative estimate of drug-likeness (QED) is 0.513. The van der Waals surface area contributed by atoms with Crippen LogP contribution in [0, 0.1) is 10.1 Å². The van der Waals surface area contributed by atoms with Crippen LogP contribution in [0.3, 0.4) is 0 Å². The molecule has 112 valence electrons. The first-order chi connectivity index (χ1) is 10.5. The normalized spacial score (nSPS) is 11.1. The number of rotatable bonds is 4. The minimum absolute atomic E-state index is 0.0239. The van der Waals surface area contributed by atoms with E-state index in [0.29, 0.717) is 21.3 Å². The van der Waals surface area contributed by atoms with Crippen LogP contribution in [0.15, 0.2) is 58.1 Å². The molecule has 2 aromatic carbocycles. The van der Waals surface area contributed by atoms with Gasteiger partial charge in [0.2, 0.25) is 0 Å². The topological polar surface area (TPSA) is 84.6 Å². The Hall–Kier alpha value is -2.54. The van der Waals surface area contributed by atoms with E-state index in [4.69, 9.17) is 0 Å². The molecule has 7 heteroatoms. The summed E-state index contributed by atoms with van der Waals surface area (Å²) in [6, 6.07) is 13.0. The summed E-state index contributed by atoms with van der Waals surface area (Å²) in [6.07, 6.45) is 0. The van der Waals surface area contributed by atoms with E-state index in [0.717, 1.165) is 0 Å². The Bertz CT molecular complexity index is 759. The van der Waals surface area contributed by atoms with E-state index in [-0.39, 0.29) is 11.6 Å². The van der Waals surface area contributed by atoms with Gasteiger partial charge < -0.3 is 0 Å². The summed E-state index contributed by atoms with van der Waals surface area (Å²) in [5.74, 6) is -0.364. The maximum absolute atomic E-state index is 12.0. The van der Waals surface area contributed by atoms with Crippen molar-refractivity contribution in [2.75, 3.05) is 0 Å². The molecular formula is C15H12BrN3O3. The van der Waals surface area contributed by atoms with Gasteiger partial charge in [-0.15, -0.1) is 0 Å². The maximum Gasteiger partial charge on any atom is 0.272 e. The fourth-order valence-corrected chi connectivity index (χ4v) is 2.21. The predicted octanol–water partition coefficient (Wildman–Crippen LogP) is 3.51. The molecule has 0 saturated heterocycles. The summed E-state index contributed by atoms with van der Waals surface area (Å²) in [5.41, 5.74) is 3.92. The molecule has 0 heterocycles. The Morgan fingerprint density at radius 1 is 1.23 bits per heavy atom. The number of non-ortho nitro benzene ring substituents is 1. The molecule has 6 nitrogen and oxygen atoms in total. The van der Waals surface area contributed by atoms with Gasteiger partial charge in [-0.3, -0.25) is 14.9 Å². The summed E-state index contributed by atoms with van der Waals surface area (Å²) < 4.78 is 0.663. The van der Waals surface area contributed by atoms with Crippen molar-refractivity contribution in [1.29, 1.82) is 0 Å². The Balaban J connectivity index is 2.16. The van der Waals surface area contributed by atoms with E-state index in [1.54, 1.807) is 43.3 Å². The molecule has 22 heavy (non-hydrogen) atoms. The molecular weight excluding hydrogens is 350 g/mol. The number of carbonyl (C=O) groups excluding carboxylic acids is 1. The Labute approximate surface area is 135 Å². The summed E-state index contributed by atoms with van der Waals surface area (Å²) in [5, 5.41) is 14.7. The van der Waals surface area contributed by atoms with Crippen molar-refractivity contribution in [1.82, 2.24) is 5.43 Å². The van der Waals surface area contributed by atoms with Crippen LogP contribution in [0.4, 0.5) is 5.69 Å². The fourth-order valence-electron chi connectivity index (χ4n) is 1.75. The minimum Gasteiger partial charge on any atom is -0.267 e. The highest BCUT2D eigenvalue weighted by atomic mass is 79.9. The van der Waals surface area contributed by atoms with Gasteiger partial charge in [-0.2, -0.15) is 5.10 Å². The van der Waals surface area contributed by atoms with E-state index in [1.807, 2.05) is 0 Å². The van der Waals surface area contributed by atoms with Gasteiger partial charge >= 0.3 is 0 Å². The van der Waals surface area contributed by atoms with Crippen LogP contribution >= 0.6 is 15.9 Å². The number of nitrogens with one attached hydrogen (secondary N) is 1. The average Bonchev–Trinajstić information content (AvgIpc) is 2.52. The highest BCUT2D eigenvalue weighted by molar-refractivity contribution is 9.10.